The van der Waals surface area contributed by atoms with Crippen molar-refractivity contribution in [3.05, 3.63) is 36.1 Å². The van der Waals surface area contributed by atoms with Crippen LogP contribution in [0.4, 0.5) is 4.79 Å². The Bertz CT molecular complexity index is 604. The van der Waals surface area contributed by atoms with Gasteiger partial charge in [0.1, 0.15) is 11.3 Å². The number of para-hydroxylation sites is 1. The second-order valence-electron chi connectivity index (χ2n) is 5.64. The third kappa shape index (κ3) is 2.88. The molecule has 1 saturated heterocycles. The number of urea groups is 1. The lowest BCUT2D eigenvalue weighted by Crippen LogP contribution is -2.39. The van der Waals surface area contributed by atoms with Crippen LogP contribution in [0.2, 0.25) is 0 Å². The van der Waals surface area contributed by atoms with Gasteiger partial charge in [-0.05, 0) is 25.5 Å². The average molecular weight is 288 g/mol. The zero-order valence-electron chi connectivity index (χ0n) is 12.1. The number of carbonyl (C=O) groups excluding carboxylic acids is 1. The summed E-state index contributed by atoms with van der Waals surface area (Å²) in [4.78, 5) is 13.9. The fraction of sp³-hybridized carbons (Fsp3) is 0.438. The van der Waals surface area contributed by atoms with E-state index in [1.807, 2.05) is 37.3 Å². The van der Waals surface area contributed by atoms with Crippen LogP contribution in [-0.4, -0.2) is 35.7 Å². The number of aliphatic hydroxyl groups excluding tert-OH is 1. The summed E-state index contributed by atoms with van der Waals surface area (Å²) in [7, 11) is 0. The van der Waals surface area contributed by atoms with Gasteiger partial charge in [0.05, 0.1) is 6.04 Å². The quantitative estimate of drug-likeness (QED) is 0.912. The number of benzene rings is 1. The van der Waals surface area contributed by atoms with Crippen LogP contribution in [0, 0.1) is 5.92 Å². The molecule has 1 fully saturated rings. The first-order valence-electron chi connectivity index (χ1n) is 7.32. The molecule has 1 aromatic heterocycles. The van der Waals surface area contributed by atoms with Crippen LogP contribution in [0.25, 0.3) is 11.0 Å². The van der Waals surface area contributed by atoms with E-state index in [-0.39, 0.29) is 24.6 Å². The minimum absolute atomic E-state index is 0.0982. The number of likely N-dealkylation sites (tertiary alicyclic amines) is 1. The molecule has 0 radical (unpaired) electrons. The molecule has 5 nitrogen and oxygen atoms in total. The molecule has 3 rings (SSSR count). The molecule has 0 saturated carbocycles. The van der Waals surface area contributed by atoms with E-state index < -0.39 is 0 Å². The Morgan fingerprint density at radius 2 is 2.33 bits per heavy atom. The summed E-state index contributed by atoms with van der Waals surface area (Å²) in [5.41, 5.74) is 0.829. The van der Waals surface area contributed by atoms with Crippen molar-refractivity contribution in [3.63, 3.8) is 0 Å². The smallest absolute Gasteiger partial charge is 0.317 e. The van der Waals surface area contributed by atoms with Gasteiger partial charge in [0.2, 0.25) is 0 Å². The van der Waals surface area contributed by atoms with Crippen LogP contribution in [0.3, 0.4) is 0 Å². The molecule has 2 unspecified atom stereocenters. The highest BCUT2D eigenvalue weighted by Crippen LogP contribution is 2.24. The summed E-state index contributed by atoms with van der Waals surface area (Å²) < 4.78 is 5.76. The molecule has 1 aliphatic heterocycles. The minimum atomic E-state index is -0.182. The Hall–Kier alpha value is -2.01. The Morgan fingerprint density at radius 3 is 3.05 bits per heavy atom. The van der Waals surface area contributed by atoms with Gasteiger partial charge >= 0.3 is 6.03 Å². The van der Waals surface area contributed by atoms with Crippen LogP contribution in [0.5, 0.6) is 0 Å². The average Bonchev–Trinajstić information content (AvgIpc) is 3.13. The summed E-state index contributed by atoms with van der Waals surface area (Å²) in [6.07, 6.45) is 0.864. The van der Waals surface area contributed by atoms with Crippen molar-refractivity contribution < 1.29 is 14.3 Å². The number of rotatable bonds is 3. The number of hydrogen-bond acceptors (Lipinski definition) is 3. The van der Waals surface area contributed by atoms with Gasteiger partial charge < -0.3 is 19.7 Å². The maximum atomic E-state index is 12.2. The Labute approximate surface area is 123 Å². The van der Waals surface area contributed by atoms with E-state index in [1.54, 1.807) is 4.90 Å². The van der Waals surface area contributed by atoms with Gasteiger partial charge in [-0.15, -0.1) is 0 Å². The minimum Gasteiger partial charge on any atom is -0.459 e. The summed E-state index contributed by atoms with van der Waals surface area (Å²) in [5.74, 6) is 0.958. The van der Waals surface area contributed by atoms with Crippen molar-refractivity contribution in [1.29, 1.82) is 0 Å². The molecule has 21 heavy (non-hydrogen) atoms. The van der Waals surface area contributed by atoms with Crippen LogP contribution >= 0.6 is 0 Å². The second kappa shape index (κ2) is 5.77. The monoisotopic (exact) mass is 288 g/mol. The van der Waals surface area contributed by atoms with Crippen molar-refractivity contribution >= 4 is 17.0 Å². The third-order valence-corrected chi connectivity index (χ3v) is 4.04. The molecule has 2 atom stereocenters. The molecule has 0 spiro atoms. The van der Waals surface area contributed by atoms with E-state index in [1.165, 1.54) is 0 Å². The lowest BCUT2D eigenvalue weighted by atomic mass is 10.1. The van der Waals surface area contributed by atoms with Crippen molar-refractivity contribution in [1.82, 2.24) is 10.2 Å². The van der Waals surface area contributed by atoms with Crippen LogP contribution in [0.15, 0.2) is 34.7 Å². The topological polar surface area (TPSA) is 65.7 Å². The number of fused-ring (bicyclic) bond motifs is 1. The molecule has 1 aliphatic rings. The number of nitrogens with one attached hydrogen (secondary N) is 1. The maximum Gasteiger partial charge on any atom is 0.317 e. The van der Waals surface area contributed by atoms with E-state index >= 15 is 0 Å². The number of furan rings is 1. The third-order valence-electron chi connectivity index (χ3n) is 4.04. The number of aliphatic hydroxyl groups is 1. The SMILES string of the molecule is CC(NC(=O)N1CCC(CO)C1)c1cc2ccccc2o1. The van der Waals surface area contributed by atoms with Crippen molar-refractivity contribution in [2.75, 3.05) is 19.7 Å². The first kappa shape index (κ1) is 13.9. The summed E-state index contributed by atoms with van der Waals surface area (Å²) in [5, 5.41) is 13.1. The number of nitrogens with zero attached hydrogens (tertiary/aromatic N) is 1. The molecule has 2 N–H and O–H groups in total. The largest absolute Gasteiger partial charge is 0.459 e. The lowest BCUT2D eigenvalue weighted by molar-refractivity contribution is 0.194. The van der Waals surface area contributed by atoms with E-state index in [2.05, 4.69) is 5.32 Å². The van der Waals surface area contributed by atoms with Gasteiger partial charge in [0, 0.05) is 31.0 Å². The molecule has 2 aromatic rings. The highest BCUT2D eigenvalue weighted by Gasteiger charge is 2.26. The molecule has 2 amide bonds. The lowest BCUT2D eigenvalue weighted by Gasteiger charge is -2.19. The predicted octanol–water partition coefficient (Wildman–Crippen LogP) is 2.52. The van der Waals surface area contributed by atoms with Gasteiger partial charge in [-0.1, -0.05) is 18.2 Å². The maximum absolute atomic E-state index is 12.2. The number of hydrogen-bond donors (Lipinski definition) is 2. The Kier molecular flexibility index (Phi) is 3.84. The first-order chi connectivity index (χ1) is 10.2. The van der Waals surface area contributed by atoms with Crippen LogP contribution in [-0.2, 0) is 0 Å². The number of amides is 2. The van der Waals surface area contributed by atoms with Crippen LogP contribution < -0.4 is 5.32 Å². The fourth-order valence-corrected chi connectivity index (χ4v) is 2.73. The van der Waals surface area contributed by atoms with Crippen molar-refractivity contribution in [2.24, 2.45) is 5.92 Å². The van der Waals surface area contributed by atoms with Gasteiger partial charge in [0.25, 0.3) is 0 Å². The molecular formula is C16H20N2O3. The molecule has 112 valence electrons. The van der Waals surface area contributed by atoms with E-state index in [4.69, 9.17) is 9.52 Å². The van der Waals surface area contributed by atoms with Crippen molar-refractivity contribution in [2.45, 2.75) is 19.4 Å². The highest BCUT2D eigenvalue weighted by atomic mass is 16.3. The Balaban J connectivity index is 1.65. The Morgan fingerprint density at radius 1 is 1.52 bits per heavy atom. The molecule has 2 heterocycles. The molecule has 0 aliphatic carbocycles. The normalized spacial score (nSPS) is 19.9. The predicted molar refractivity (Wildman–Crippen MR) is 79.9 cm³/mol. The van der Waals surface area contributed by atoms with E-state index in [9.17, 15) is 4.79 Å². The van der Waals surface area contributed by atoms with Crippen molar-refractivity contribution in [3.8, 4) is 0 Å². The molecular weight excluding hydrogens is 268 g/mol. The molecule has 5 heteroatoms. The zero-order valence-corrected chi connectivity index (χ0v) is 12.1. The summed E-state index contributed by atoms with van der Waals surface area (Å²) in [6, 6.07) is 9.48. The van der Waals surface area contributed by atoms with Gasteiger partial charge in [-0.3, -0.25) is 0 Å². The molecule has 1 aromatic carbocycles. The van der Waals surface area contributed by atoms with E-state index in [0.29, 0.717) is 13.1 Å². The zero-order chi connectivity index (χ0) is 14.8. The van der Waals surface area contributed by atoms with Gasteiger partial charge in [-0.2, -0.15) is 0 Å². The summed E-state index contributed by atoms with van der Waals surface area (Å²) in [6.45, 7) is 3.37. The van der Waals surface area contributed by atoms with Gasteiger partial charge in [0.15, 0.2) is 0 Å². The van der Waals surface area contributed by atoms with Gasteiger partial charge in [-0.25, -0.2) is 4.79 Å². The second-order valence-corrected chi connectivity index (χ2v) is 5.64. The highest BCUT2D eigenvalue weighted by molar-refractivity contribution is 5.78. The number of carbonyl (C=O) groups is 1. The van der Waals surface area contributed by atoms with E-state index in [0.717, 1.165) is 23.2 Å². The fourth-order valence-electron chi connectivity index (χ4n) is 2.73. The summed E-state index contributed by atoms with van der Waals surface area (Å²) >= 11 is 0. The first-order valence-corrected chi connectivity index (χ1v) is 7.32. The standard InChI is InChI=1S/C16H20N2O3/c1-11(15-8-13-4-2-3-5-14(13)21-15)17-16(20)18-7-6-12(9-18)10-19/h2-5,8,11-12,19H,6-7,9-10H2,1H3,(H,17,20). The molecule has 0 bridgehead atoms. The van der Waals surface area contributed by atoms with Crippen LogP contribution in [0.1, 0.15) is 25.1 Å².